The minimum absolute atomic E-state index is 0.0796. The van der Waals surface area contributed by atoms with Crippen LogP contribution < -0.4 is 0 Å². The third-order valence-electron chi connectivity index (χ3n) is 5.07. The van der Waals surface area contributed by atoms with Crippen molar-refractivity contribution in [3.05, 3.63) is 64.7 Å². The standard InChI is InChI=1S/C21H26ClN3O3S/c1-17-6-8-20(9-7-17)29(27,28)25(15-18-4-3-5-19(22)14-18)16-21(26)24-12-10-23(2)11-13-24/h3-9,14H,10-13,15-16H2,1-2H3. The van der Waals surface area contributed by atoms with Crippen molar-refractivity contribution in [2.75, 3.05) is 39.8 Å². The van der Waals surface area contributed by atoms with E-state index in [4.69, 9.17) is 11.6 Å². The molecule has 0 radical (unpaired) electrons. The second-order valence-electron chi connectivity index (χ2n) is 7.40. The minimum atomic E-state index is -3.84. The van der Waals surface area contributed by atoms with Crippen molar-refractivity contribution in [2.45, 2.75) is 18.4 Å². The number of nitrogens with zero attached hydrogens (tertiary/aromatic N) is 3. The van der Waals surface area contributed by atoms with Gasteiger partial charge in [0.25, 0.3) is 0 Å². The quantitative estimate of drug-likeness (QED) is 0.699. The molecule has 2 aromatic rings. The second-order valence-corrected chi connectivity index (χ2v) is 9.77. The molecule has 1 fully saturated rings. The molecule has 0 bridgehead atoms. The molecule has 0 atom stereocenters. The average Bonchev–Trinajstić information content (AvgIpc) is 2.68. The van der Waals surface area contributed by atoms with Gasteiger partial charge in [0, 0.05) is 37.7 Å². The molecule has 3 rings (SSSR count). The zero-order valence-electron chi connectivity index (χ0n) is 16.7. The lowest BCUT2D eigenvalue weighted by Gasteiger charge is -2.33. The van der Waals surface area contributed by atoms with Gasteiger partial charge in [0.2, 0.25) is 15.9 Å². The second kappa shape index (κ2) is 9.26. The lowest BCUT2D eigenvalue weighted by Crippen LogP contribution is -2.50. The molecule has 0 aliphatic carbocycles. The number of hydrogen-bond acceptors (Lipinski definition) is 4. The van der Waals surface area contributed by atoms with Gasteiger partial charge < -0.3 is 9.80 Å². The van der Waals surface area contributed by atoms with E-state index in [0.717, 1.165) is 24.2 Å². The molecule has 1 amide bonds. The number of carbonyl (C=O) groups excluding carboxylic acids is 1. The maximum Gasteiger partial charge on any atom is 0.243 e. The van der Waals surface area contributed by atoms with Gasteiger partial charge in [-0.3, -0.25) is 4.79 Å². The fourth-order valence-corrected chi connectivity index (χ4v) is 4.82. The summed E-state index contributed by atoms with van der Waals surface area (Å²) in [6.45, 7) is 4.55. The van der Waals surface area contributed by atoms with Gasteiger partial charge in [-0.2, -0.15) is 4.31 Å². The number of rotatable bonds is 6. The van der Waals surface area contributed by atoms with Gasteiger partial charge in [-0.15, -0.1) is 0 Å². The molecule has 0 saturated carbocycles. The van der Waals surface area contributed by atoms with Crippen LogP contribution in [0.1, 0.15) is 11.1 Å². The first kappa shape index (κ1) is 21.8. The van der Waals surface area contributed by atoms with Crippen molar-refractivity contribution in [3.8, 4) is 0 Å². The largest absolute Gasteiger partial charge is 0.339 e. The number of piperazine rings is 1. The summed E-state index contributed by atoms with van der Waals surface area (Å²) in [5.41, 5.74) is 1.71. The summed E-state index contributed by atoms with van der Waals surface area (Å²) in [6, 6.07) is 13.7. The Morgan fingerprint density at radius 3 is 2.34 bits per heavy atom. The van der Waals surface area contributed by atoms with Gasteiger partial charge in [-0.1, -0.05) is 41.4 Å². The molecule has 0 N–H and O–H groups in total. The van der Waals surface area contributed by atoms with Crippen molar-refractivity contribution in [2.24, 2.45) is 0 Å². The molecule has 29 heavy (non-hydrogen) atoms. The Balaban J connectivity index is 1.86. The number of hydrogen-bond donors (Lipinski definition) is 0. The molecular formula is C21H26ClN3O3S. The van der Waals surface area contributed by atoms with Crippen LogP contribution in [0.15, 0.2) is 53.4 Å². The highest BCUT2D eigenvalue weighted by Crippen LogP contribution is 2.21. The molecule has 0 aromatic heterocycles. The zero-order chi connectivity index (χ0) is 21.0. The lowest BCUT2D eigenvalue weighted by atomic mass is 10.2. The molecule has 156 valence electrons. The van der Waals surface area contributed by atoms with Crippen molar-refractivity contribution in [1.29, 1.82) is 0 Å². The first-order chi connectivity index (χ1) is 13.8. The number of carbonyl (C=O) groups is 1. The normalized spacial score (nSPS) is 15.7. The molecule has 2 aromatic carbocycles. The molecule has 1 saturated heterocycles. The van der Waals surface area contributed by atoms with Gasteiger partial charge in [-0.05, 0) is 43.8 Å². The van der Waals surface area contributed by atoms with Crippen LogP contribution in [0.4, 0.5) is 0 Å². The Bertz CT molecular complexity index is 955. The Morgan fingerprint density at radius 1 is 1.07 bits per heavy atom. The first-order valence-corrected chi connectivity index (χ1v) is 11.3. The number of benzene rings is 2. The van der Waals surface area contributed by atoms with Crippen LogP contribution in [0.25, 0.3) is 0 Å². The van der Waals surface area contributed by atoms with Crippen molar-refractivity contribution < 1.29 is 13.2 Å². The molecule has 6 nitrogen and oxygen atoms in total. The van der Waals surface area contributed by atoms with Gasteiger partial charge in [0.05, 0.1) is 11.4 Å². The Labute approximate surface area is 177 Å². The van der Waals surface area contributed by atoms with E-state index < -0.39 is 10.0 Å². The molecule has 8 heteroatoms. The Hall–Kier alpha value is -1.93. The van der Waals surface area contributed by atoms with E-state index in [1.807, 2.05) is 20.0 Å². The predicted octanol–water partition coefficient (Wildman–Crippen LogP) is 2.61. The van der Waals surface area contributed by atoms with Gasteiger partial charge in [-0.25, -0.2) is 8.42 Å². The predicted molar refractivity (Wildman–Crippen MR) is 114 cm³/mol. The minimum Gasteiger partial charge on any atom is -0.339 e. The fourth-order valence-electron chi connectivity index (χ4n) is 3.23. The van der Waals surface area contributed by atoms with Gasteiger partial charge >= 0.3 is 0 Å². The number of sulfonamides is 1. The summed E-state index contributed by atoms with van der Waals surface area (Å²) in [5, 5.41) is 0.528. The molecule has 0 spiro atoms. The Morgan fingerprint density at radius 2 is 1.72 bits per heavy atom. The topological polar surface area (TPSA) is 60.9 Å². The monoisotopic (exact) mass is 435 g/mol. The number of aryl methyl sites for hydroxylation is 1. The number of likely N-dealkylation sites (N-methyl/N-ethyl adjacent to an activating group) is 1. The lowest BCUT2D eigenvalue weighted by molar-refractivity contribution is -0.133. The molecule has 0 unspecified atom stereocenters. The average molecular weight is 436 g/mol. The van der Waals surface area contributed by atoms with Crippen LogP contribution in [0, 0.1) is 6.92 Å². The van der Waals surface area contributed by atoms with E-state index in [9.17, 15) is 13.2 Å². The van der Waals surface area contributed by atoms with E-state index in [1.165, 1.54) is 4.31 Å². The maximum atomic E-state index is 13.3. The summed E-state index contributed by atoms with van der Waals surface area (Å²) >= 11 is 6.07. The molecule has 1 aliphatic heterocycles. The summed E-state index contributed by atoms with van der Waals surface area (Å²) in [7, 11) is -1.83. The van der Waals surface area contributed by atoms with E-state index in [0.29, 0.717) is 18.1 Å². The van der Waals surface area contributed by atoms with Crippen LogP contribution >= 0.6 is 11.6 Å². The van der Waals surface area contributed by atoms with Gasteiger partial charge in [0.15, 0.2) is 0 Å². The van der Waals surface area contributed by atoms with E-state index in [-0.39, 0.29) is 23.9 Å². The maximum absolute atomic E-state index is 13.3. The summed E-state index contributed by atoms with van der Waals surface area (Å²) in [4.78, 5) is 16.9. The zero-order valence-corrected chi connectivity index (χ0v) is 18.3. The summed E-state index contributed by atoms with van der Waals surface area (Å²) in [6.07, 6.45) is 0. The molecular weight excluding hydrogens is 410 g/mol. The van der Waals surface area contributed by atoms with Crippen LogP contribution in [-0.2, 0) is 21.4 Å². The molecule has 1 aliphatic rings. The Kier molecular flexibility index (Phi) is 6.95. The van der Waals surface area contributed by atoms with Crippen molar-refractivity contribution in [1.82, 2.24) is 14.1 Å². The van der Waals surface area contributed by atoms with Crippen LogP contribution in [-0.4, -0.2) is 68.2 Å². The van der Waals surface area contributed by atoms with Crippen LogP contribution in [0.2, 0.25) is 5.02 Å². The first-order valence-electron chi connectivity index (χ1n) is 9.53. The van der Waals surface area contributed by atoms with Crippen LogP contribution in [0.3, 0.4) is 0 Å². The molecule has 1 heterocycles. The van der Waals surface area contributed by atoms with Crippen molar-refractivity contribution in [3.63, 3.8) is 0 Å². The third-order valence-corrected chi connectivity index (χ3v) is 7.12. The highest BCUT2D eigenvalue weighted by atomic mass is 35.5. The number of amides is 1. The summed E-state index contributed by atoms with van der Waals surface area (Å²) < 4.78 is 27.9. The van der Waals surface area contributed by atoms with E-state index in [1.54, 1.807) is 47.4 Å². The summed E-state index contributed by atoms with van der Waals surface area (Å²) in [5.74, 6) is -0.184. The van der Waals surface area contributed by atoms with Crippen LogP contribution in [0.5, 0.6) is 0 Å². The fraction of sp³-hybridized carbons (Fsp3) is 0.381. The van der Waals surface area contributed by atoms with Crippen molar-refractivity contribution >= 4 is 27.5 Å². The van der Waals surface area contributed by atoms with E-state index in [2.05, 4.69) is 4.90 Å². The smallest absolute Gasteiger partial charge is 0.243 e. The highest BCUT2D eigenvalue weighted by molar-refractivity contribution is 7.89. The SMILES string of the molecule is Cc1ccc(S(=O)(=O)N(CC(=O)N2CCN(C)CC2)Cc2cccc(Cl)c2)cc1. The van der Waals surface area contributed by atoms with Gasteiger partial charge in [0.1, 0.15) is 0 Å². The number of halogens is 1. The van der Waals surface area contributed by atoms with E-state index >= 15 is 0 Å². The third kappa shape index (κ3) is 5.57. The highest BCUT2D eigenvalue weighted by Gasteiger charge is 2.29.